The van der Waals surface area contributed by atoms with Crippen molar-refractivity contribution in [3.8, 4) is 0 Å². The van der Waals surface area contributed by atoms with Crippen molar-refractivity contribution >= 4 is 0 Å². The van der Waals surface area contributed by atoms with Crippen molar-refractivity contribution in [3.63, 3.8) is 0 Å². The Bertz CT molecular complexity index is 327. The molecule has 1 aromatic rings. The van der Waals surface area contributed by atoms with Crippen molar-refractivity contribution < 1.29 is 4.74 Å². The first-order chi connectivity index (χ1) is 8.24. The lowest BCUT2D eigenvalue weighted by Gasteiger charge is -2.22. The predicted molar refractivity (Wildman–Crippen MR) is 70.0 cm³/mol. The van der Waals surface area contributed by atoms with Gasteiger partial charge < -0.3 is 14.6 Å². The molecule has 1 N–H and O–H groups in total. The molecule has 0 aromatic carbocycles. The van der Waals surface area contributed by atoms with Gasteiger partial charge in [-0.1, -0.05) is 13.8 Å². The van der Waals surface area contributed by atoms with Crippen LogP contribution in [0.1, 0.15) is 32.3 Å². The Balaban J connectivity index is 1.80. The van der Waals surface area contributed by atoms with Crippen LogP contribution in [0.15, 0.2) is 18.5 Å². The minimum atomic E-state index is 0.550. The zero-order valence-corrected chi connectivity index (χ0v) is 11.0. The molecule has 0 amide bonds. The number of hydrogen-bond acceptors (Lipinski definition) is 2. The maximum Gasteiger partial charge on any atom is 0.0469 e. The van der Waals surface area contributed by atoms with Gasteiger partial charge in [-0.2, -0.15) is 0 Å². The molecule has 2 heterocycles. The number of hydrogen-bond donors (Lipinski definition) is 1. The molecule has 96 valence electrons. The molecule has 1 aliphatic heterocycles. The van der Waals surface area contributed by atoms with Gasteiger partial charge in [0.15, 0.2) is 0 Å². The third-order valence-electron chi connectivity index (χ3n) is 3.34. The van der Waals surface area contributed by atoms with Gasteiger partial charge in [0, 0.05) is 44.7 Å². The smallest absolute Gasteiger partial charge is 0.0469 e. The van der Waals surface area contributed by atoms with Crippen LogP contribution in [0.25, 0.3) is 0 Å². The van der Waals surface area contributed by atoms with Gasteiger partial charge in [0.1, 0.15) is 0 Å². The number of nitrogens with zero attached hydrogens (tertiary/aromatic N) is 1. The van der Waals surface area contributed by atoms with Crippen LogP contribution in [0.2, 0.25) is 0 Å². The van der Waals surface area contributed by atoms with E-state index < -0.39 is 0 Å². The van der Waals surface area contributed by atoms with Crippen molar-refractivity contribution in [1.29, 1.82) is 0 Å². The lowest BCUT2D eigenvalue weighted by atomic mass is 10.0. The SMILES string of the molecule is CC(C)NCc1ccn(CC2CCOCC2)c1. The first-order valence-electron chi connectivity index (χ1n) is 6.70. The summed E-state index contributed by atoms with van der Waals surface area (Å²) in [5.74, 6) is 0.794. The minimum absolute atomic E-state index is 0.550. The predicted octanol–water partition coefficient (Wildman–Crippen LogP) is 2.41. The quantitative estimate of drug-likeness (QED) is 0.849. The molecule has 0 bridgehead atoms. The van der Waals surface area contributed by atoms with Gasteiger partial charge in [-0.05, 0) is 30.4 Å². The molecule has 0 aliphatic carbocycles. The van der Waals surface area contributed by atoms with E-state index in [2.05, 4.69) is 42.2 Å². The van der Waals surface area contributed by atoms with E-state index in [9.17, 15) is 0 Å². The molecular weight excluding hydrogens is 212 g/mol. The zero-order chi connectivity index (χ0) is 12.1. The summed E-state index contributed by atoms with van der Waals surface area (Å²) in [5, 5.41) is 3.45. The summed E-state index contributed by atoms with van der Waals surface area (Å²) in [6, 6.07) is 2.77. The highest BCUT2D eigenvalue weighted by molar-refractivity contribution is 5.10. The second-order valence-corrected chi connectivity index (χ2v) is 5.31. The Morgan fingerprint density at radius 3 is 2.88 bits per heavy atom. The normalized spacial score (nSPS) is 17.8. The Labute approximate surface area is 104 Å². The van der Waals surface area contributed by atoms with E-state index in [1.807, 2.05) is 0 Å². The van der Waals surface area contributed by atoms with E-state index in [0.29, 0.717) is 6.04 Å². The molecule has 0 radical (unpaired) electrons. The fourth-order valence-corrected chi connectivity index (χ4v) is 2.26. The van der Waals surface area contributed by atoms with Gasteiger partial charge in [0.25, 0.3) is 0 Å². The Morgan fingerprint density at radius 1 is 1.41 bits per heavy atom. The van der Waals surface area contributed by atoms with Gasteiger partial charge >= 0.3 is 0 Å². The second-order valence-electron chi connectivity index (χ2n) is 5.31. The molecule has 0 saturated carbocycles. The second kappa shape index (κ2) is 6.22. The first kappa shape index (κ1) is 12.7. The molecule has 1 aliphatic rings. The summed E-state index contributed by atoms with van der Waals surface area (Å²) in [6.07, 6.45) is 6.88. The van der Waals surface area contributed by atoms with Gasteiger partial charge in [-0.25, -0.2) is 0 Å². The Kier molecular flexibility index (Phi) is 4.63. The summed E-state index contributed by atoms with van der Waals surface area (Å²) >= 11 is 0. The number of aromatic nitrogens is 1. The Morgan fingerprint density at radius 2 is 2.18 bits per heavy atom. The van der Waals surface area contributed by atoms with Crippen molar-refractivity contribution in [2.24, 2.45) is 5.92 Å². The lowest BCUT2D eigenvalue weighted by molar-refractivity contribution is 0.0613. The third-order valence-corrected chi connectivity index (χ3v) is 3.34. The minimum Gasteiger partial charge on any atom is -0.381 e. The summed E-state index contributed by atoms with van der Waals surface area (Å²) in [4.78, 5) is 0. The number of rotatable bonds is 5. The Hall–Kier alpha value is -0.800. The van der Waals surface area contributed by atoms with Crippen LogP contribution in [0.3, 0.4) is 0 Å². The molecule has 0 unspecified atom stereocenters. The van der Waals surface area contributed by atoms with Crippen molar-refractivity contribution in [2.75, 3.05) is 13.2 Å². The average Bonchev–Trinajstić information content (AvgIpc) is 2.75. The molecular formula is C14H24N2O. The summed E-state index contributed by atoms with van der Waals surface area (Å²) in [6.45, 7) is 8.35. The molecule has 0 atom stereocenters. The van der Waals surface area contributed by atoms with Crippen molar-refractivity contribution in [1.82, 2.24) is 9.88 Å². The average molecular weight is 236 g/mol. The summed E-state index contributed by atoms with van der Waals surface area (Å²) in [7, 11) is 0. The molecule has 3 nitrogen and oxygen atoms in total. The zero-order valence-electron chi connectivity index (χ0n) is 11.0. The van der Waals surface area contributed by atoms with Gasteiger partial charge in [0.2, 0.25) is 0 Å². The van der Waals surface area contributed by atoms with Crippen LogP contribution in [-0.4, -0.2) is 23.8 Å². The molecule has 2 rings (SSSR count). The maximum absolute atomic E-state index is 5.39. The largest absolute Gasteiger partial charge is 0.381 e. The maximum atomic E-state index is 5.39. The van der Waals surface area contributed by atoms with Gasteiger partial charge in [-0.3, -0.25) is 0 Å². The van der Waals surface area contributed by atoms with E-state index in [1.54, 1.807) is 0 Å². The molecule has 1 aromatic heterocycles. The monoisotopic (exact) mass is 236 g/mol. The highest BCUT2D eigenvalue weighted by Crippen LogP contribution is 2.17. The molecule has 17 heavy (non-hydrogen) atoms. The number of ether oxygens (including phenoxy) is 1. The first-order valence-corrected chi connectivity index (χ1v) is 6.70. The van der Waals surface area contributed by atoms with E-state index in [0.717, 1.165) is 32.2 Å². The lowest BCUT2D eigenvalue weighted by Crippen LogP contribution is -2.21. The van der Waals surface area contributed by atoms with Crippen LogP contribution in [0.4, 0.5) is 0 Å². The number of nitrogens with one attached hydrogen (secondary N) is 1. The fraction of sp³-hybridized carbons (Fsp3) is 0.714. The third kappa shape index (κ3) is 4.17. The van der Waals surface area contributed by atoms with Crippen LogP contribution >= 0.6 is 0 Å². The molecule has 1 fully saturated rings. The van der Waals surface area contributed by atoms with Crippen LogP contribution < -0.4 is 5.32 Å². The summed E-state index contributed by atoms with van der Waals surface area (Å²) in [5.41, 5.74) is 1.38. The molecule has 1 saturated heterocycles. The van der Waals surface area contributed by atoms with E-state index >= 15 is 0 Å². The standard InChI is InChI=1S/C14H24N2O/c1-12(2)15-9-14-3-6-16(11-14)10-13-4-7-17-8-5-13/h3,6,11-13,15H,4-5,7-10H2,1-2H3. The van der Waals surface area contributed by atoms with Crippen LogP contribution in [0, 0.1) is 5.92 Å². The molecule has 0 spiro atoms. The molecule has 3 heteroatoms. The van der Waals surface area contributed by atoms with E-state index in [-0.39, 0.29) is 0 Å². The van der Waals surface area contributed by atoms with E-state index in [4.69, 9.17) is 4.74 Å². The van der Waals surface area contributed by atoms with Gasteiger partial charge in [0.05, 0.1) is 0 Å². The fourth-order valence-electron chi connectivity index (χ4n) is 2.26. The van der Waals surface area contributed by atoms with Gasteiger partial charge in [-0.15, -0.1) is 0 Å². The van der Waals surface area contributed by atoms with Crippen LogP contribution in [-0.2, 0) is 17.8 Å². The van der Waals surface area contributed by atoms with Crippen LogP contribution in [0.5, 0.6) is 0 Å². The highest BCUT2D eigenvalue weighted by atomic mass is 16.5. The summed E-state index contributed by atoms with van der Waals surface area (Å²) < 4.78 is 7.71. The highest BCUT2D eigenvalue weighted by Gasteiger charge is 2.14. The van der Waals surface area contributed by atoms with Crippen molar-refractivity contribution in [3.05, 3.63) is 24.0 Å². The van der Waals surface area contributed by atoms with E-state index in [1.165, 1.54) is 18.4 Å². The van der Waals surface area contributed by atoms with Crippen molar-refractivity contribution in [2.45, 2.75) is 45.8 Å². The topological polar surface area (TPSA) is 26.2 Å².